The zero-order valence-electron chi connectivity index (χ0n) is 12.0. The van der Waals surface area contributed by atoms with E-state index in [0.29, 0.717) is 0 Å². The van der Waals surface area contributed by atoms with Gasteiger partial charge >= 0.3 is 0 Å². The van der Waals surface area contributed by atoms with Gasteiger partial charge in [-0.1, -0.05) is 13.8 Å². The van der Waals surface area contributed by atoms with Crippen LogP contribution in [0.15, 0.2) is 6.07 Å². The van der Waals surface area contributed by atoms with Gasteiger partial charge in [-0.2, -0.15) is 0 Å². The minimum Gasteiger partial charge on any atom is -0.384 e. The van der Waals surface area contributed by atoms with Crippen LogP contribution in [0.25, 0.3) is 0 Å². The van der Waals surface area contributed by atoms with Crippen LogP contribution in [0.5, 0.6) is 0 Å². The van der Waals surface area contributed by atoms with Gasteiger partial charge in [0.2, 0.25) is 0 Å². The van der Waals surface area contributed by atoms with E-state index in [1.165, 1.54) is 17.7 Å². The van der Waals surface area contributed by atoms with Crippen LogP contribution in [-0.4, -0.2) is 23.9 Å². The van der Waals surface area contributed by atoms with Gasteiger partial charge in [-0.3, -0.25) is 5.41 Å². The number of amidine groups is 1. The normalized spacial score (nSPS) is 13.4. The number of fused-ring (bicyclic) bond motifs is 1. The minimum absolute atomic E-state index is 0.134. The first-order valence-corrected chi connectivity index (χ1v) is 7.29. The number of nitrogens with zero attached hydrogens (tertiary/aromatic N) is 2. The van der Waals surface area contributed by atoms with Crippen LogP contribution in [0.4, 0.5) is 5.82 Å². The van der Waals surface area contributed by atoms with Gasteiger partial charge in [-0.05, 0) is 43.7 Å². The van der Waals surface area contributed by atoms with Crippen molar-refractivity contribution in [3.8, 4) is 0 Å². The number of nitrogens with one attached hydrogen (secondary N) is 1. The first kappa shape index (κ1) is 13.8. The van der Waals surface area contributed by atoms with Crippen LogP contribution in [0.2, 0.25) is 0 Å². The number of rotatable bonds is 6. The van der Waals surface area contributed by atoms with Crippen LogP contribution in [-0.2, 0) is 12.8 Å². The van der Waals surface area contributed by atoms with Gasteiger partial charge in [0.05, 0.1) is 5.56 Å². The van der Waals surface area contributed by atoms with E-state index < -0.39 is 0 Å². The molecule has 4 heteroatoms. The number of hydrogen-bond donors (Lipinski definition) is 2. The highest BCUT2D eigenvalue weighted by atomic mass is 15.2. The maximum absolute atomic E-state index is 7.81. The van der Waals surface area contributed by atoms with Crippen LogP contribution < -0.4 is 10.6 Å². The van der Waals surface area contributed by atoms with E-state index in [9.17, 15) is 0 Å². The highest BCUT2D eigenvalue weighted by Gasteiger charge is 2.20. The number of pyridine rings is 1. The maximum Gasteiger partial charge on any atom is 0.139 e. The predicted molar refractivity (Wildman–Crippen MR) is 80.1 cm³/mol. The number of nitrogen functional groups attached to an aromatic ring is 1. The fourth-order valence-corrected chi connectivity index (χ4v) is 2.76. The Hall–Kier alpha value is -1.58. The van der Waals surface area contributed by atoms with Crippen LogP contribution >= 0.6 is 0 Å². The van der Waals surface area contributed by atoms with Gasteiger partial charge in [0.1, 0.15) is 11.7 Å². The summed E-state index contributed by atoms with van der Waals surface area (Å²) >= 11 is 0. The Kier molecular flexibility index (Phi) is 4.40. The molecule has 0 bridgehead atoms. The van der Waals surface area contributed by atoms with Gasteiger partial charge in [-0.15, -0.1) is 0 Å². The molecule has 4 nitrogen and oxygen atoms in total. The molecule has 1 aromatic heterocycles. The molecule has 0 aliphatic heterocycles. The standard InChI is InChI=1S/C15H24N4/c1-3-8-19(9-4-2)15-12(14(16)17)10-11-6-5-7-13(11)18-15/h10H,3-9H2,1-2H3,(H3,16,17). The smallest absolute Gasteiger partial charge is 0.139 e. The number of aromatic nitrogens is 1. The quantitative estimate of drug-likeness (QED) is 0.610. The van der Waals surface area contributed by atoms with Crippen molar-refractivity contribution in [2.75, 3.05) is 18.0 Å². The average molecular weight is 260 g/mol. The summed E-state index contributed by atoms with van der Waals surface area (Å²) in [6, 6.07) is 2.09. The Balaban J connectivity index is 2.43. The predicted octanol–water partition coefficient (Wildman–Crippen LogP) is 2.48. The Morgan fingerprint density at radius 2 is 2.00 bits per heavy atom. The van der Waals surface area contributed by atoms with E-state index in [4.69, 9.17) is 16.1 Å². The van der Waals surface area contributed by atoms with Crippen LogP contribution in [0.3, 0.4) is 0 Å². The third-order valence-electron chi connectivity index (χ3n) is 3.61. The molecule has 0 saturated carbocycles. The van der Waals surface area contributed by atoms with Crippen molar-refractivity contribution < 1.29 is 0 Å². The Morgan fingerprint density at radius 3 is 2.58 bits per heavy atom. The number of anilines is 1. The van der Waals surface area contributed by atoms with E-state index in [2.05, 4.69) is 24.8 Å². The molecule has 19 heavy (non-hydrogen) atoms. The molecule has 0 spiro atoms. The lowest BCUT2D eigenvalue weighted by molar-refractivity contribution is 0.730. The third kappa shape index (κ3) is 2.88. The minimum atomic E-state index is 0.134. The highest BCUT2D eigenvalue weighted by molar-refractivity contribution is 5.99. The lowest BCUT2D eigenvalue weighted by Crippen LogP contribution is -2.29. The molecule has 0 amide bonds. The SMILES string of the molecule is CCCN(CCC)c1nc2c(cc1C(=N)N)CCC2. The number of nitrogens with two attached hydrogens (primary N) is 1. The zero-order chi connectivity index (χ0) is 13.8. The molecule has 1 aromatic rings. The van der Waals surface area contributed by atoms with Crippen molar-refractivity contribution in [2.24, 2.45) is 5.73 Å². The van der Waals surface area contributed by atoms with Gasteiger partial charge in [-0.25, -0.2) is 4.98 Å². The van der Waals surface area contributed by atoms with Gasteiger partial charge in [0.25, 0.3) is 0 Å². The summed E-state index contributed by atoms with van der Waals surface area (Å²) in [6.45, 7) is 6.28. The Bertz CT molecular complexity index is 461. The fourth-order valence-electron chi connectivity index (χ4n) is 2.76. The summed E-state index contributed by atoms with van der Waals surface area (Å²) in [6.07, 6.45) is 5.47. The summed E-state index contributed by atoms with van der Waals surface area (Å²) in [7, 11) is 0. The van der Waals surface area contributed by atoms with Crippen molar-refractivity contribution in [3.63, 3.8) is 0 Å². The van der Waals surface area contributed by atoms with Gasteiger partial charge in [0, 0.05) is 18.8 Å². The van der Waals surface area contributed by atoms with Crippen molar-refractivity contribution in [1.82, 2.24) is 4.98 Å². The lowest BCUT2D eigenvalue weighted by Gasteiger charge is -2.25. The van der Waals surface area contributed by atoms with Gasteiger partial charge in [0.15, 0.2) is 0 Å². The molecule has 0 fully saturated rings. The molecule has 0 saturated heterocycles. The van der Waals surface area contributed by atoms with Crippen molar-refractivity contribution in [1.29, 1.82) is 5.41 Å². The molecular weight excluding hydrogens is 236 g/mol. The summed E-state index contributed by atoms with van der Waals surface area (Å²) in [5, 5.41) is 7.81. The third-order valence-corrected chi connectivity index (χ3v) is 3.61. The average Bonchev–Trinajstić information content (AvgIpc) is 2.84. The highest BCUT2D eigenvalue weighted by Crippen LogP contribution is 2.27. The molecule has 104 valence electrons. The zero-order valence-corrected chi connectivity index (χ0v) is 12.0. The monoisotopic (exact) mass is 260 g/mol. The molecule has 0 atom stereocenters. The topological polar surface area (TPSA) is 66.0 Å². The van der Waals surface area contributed by atoms with E-state index in [0.717, 1.165) is 50.2 Å². The summed E-state index contributed by atoms with van der Waals surface area (Å²) < 4.78 is 0. The van der Waals surface area contributed by atoms with E-state index in [-0.39, 0.29) is 5.84 Å². The van der Waals surface area contributed by atoms with E-state index in [1.807, 2.05) is 0 Å². The maximum atomic E-state index is 7.81. The molecule has 1 aliphatic carbocycles. The fraction of sp³-hybridized carbons (Fsp3) is 0.600. The summed E-state index contributed by atoms with van der Waals surface area (Å²) in [4.78, 5) is 7.09. The molecule has 0 radical (unpaired) electrons. The molecule has 0 aromatic carbocycles. The van der Waals surface area contributed by atoms with Crippen molar-refractivity contribution in [3.05, 3.63) is 22.9 Å². The summed E-state index contributed by atoms with van der Waals surface area (Å²) in [5.74, 6) is 1.05. The molecular formula is C15H24N4. The van der Waals surface area contributed by atoms with Gasteiger partial charge < -0.3 is 10.6 Å². The molecule has 1 heterocycles. The van der Waals surface area contributed by atoms with Crippen molar-refractivity contribution in [2.45, 2.75) is 46.0 Å². The lowest BCUT2D eigenvalue weighted by atomic mass is 10.1. The second kappa shape index (κ2) is 6.04. The summed E-state index contributed by atoms with van der Waals surface area (Å²) in [5.41, 5.74) is 9.05. The molecule has 0 unspecified atom stereocenters. The second-order valence-electron chi connectivity index (χ2n) is 5.22. The number of aryl methyl sites for hydroxylation is 2. The molecule has 1 aliphatic rings. The van der Waals surface area contributed by atoms with Crippen LogP contribution in [0.1, 0.15) is 49.9 Å². The van der Waals surface area contributed by atoms with Crippen LogP contribution in [0, 0.1) is 5.41 Å². The Morgan fingerprint density at radius 1 is 1.32 bits per heavy atom. The largest absolute Gasteiger partial charge is 0.384 e. The molecule has 3 N–H and O–H groups in total. The molecule has 2 rings (SSSR count). The first-order valence-electron chi connectivity index (χ1n) is 7.29. The first-order chi connectivity index (χ1) is 9.17. The van der Waals surface area contributed by atoms with Crippen molar-refractivity contribution >= 4 is 11.7 Å². The van der Waals surface area contributed by atoms with E-state index in [1.54, 1.807) is 0 Å². The Labute approximate surface area is 115 Å². The second-order valence-corrected chi connectivity index (χ2v) is 5.22. The van der Waals surface area contributed by atoms with E-state index >= 15 is 0 Å². The number of hydrogen-bond acceptors (Lipinski definition) is 3.